The van der Waals surface area contributed by atoms with Crippen LogP contribution in [0.25, 0.3) is 0 Å². The largest absolute Gasteiger partial charge is 0.459 e. The first-order valence-electron chi connectivity index (χ1n) is 11.5. The summed E-state index contributed by atoms with van der Waals surface area (Å²) in [6.07, 6.45) is -1.73. The molecular formula is C27H27NO7S. The maximum Gasteiger partial charge on any atom is 0.410 e. The number of amides is 1. The molecule has 1 fully saturated rings. The molecule has 1 aliphatic heterocycles. The summed E-state index contributed by atoms with van der Waals surface area (Å²) in [7, 11) is -4.10. The Morgan fingerprint density at radius 3 is 1.97 bits per heavy atom. The van der Waals surface area contributed by atoms with Crippen molar-refractivity contribution < 1.29 is 31.7 Å². The van der Waals surface area contributed by atoms with Crippen LogP contribution in [-0.2, 0) is 41.8 Å². The summed E-state index contributed by atoms with van der Waals surface area (Å²) in [5, 5.41) is 0. The topological polar surface area (TPSA) is 99.2 Å². The Balaban J connectivity index is 1.47. The molecular weight excluding hydrogens is 482 g/mol. The van der Waals surface area contributed by atoms with Crippen LogP contribution in [0.5, 0.6) is 0 Å². The van der Waals surface area contributed by atoms with E-state index in [1.54, 1.807) is 12.1 Å². The third-order valence-electron chi connectivity index (χ3n) is 5.77. The van der Waals surface area contributed by atoms with E-state index in [-0.39, 0.29) is 31.1 Å². The molecule has 0 unspecified atom stereocenters. The zero-order valence-electron chi connectivity index (χ0n) is 19.8. The van der Waals surface area contributed by atoms with E-state index < -0.39 is 34.3 Å². The molecule has 3 aromatic rings. The Bertz CT molecular complexity index is 1220. The minimum atomic E-state index is -4.10. The highest BCUT2D eigenvalue weighted by atomic mass is 32.2. The second kappa shape index (κ2) is 11.4. The SMILES string of the molecule is Cc1ccc(S(=O)(=O)O[C@H]2C[C@@H](C(=O)OCc3ccccc3)N(C(=O)OCc3ccccc3)C2)cc1. The van der Waals surface area contributed by atoms with E-state index in [2.05, 4.69) is 0 Å². The van der Waals surface area contributed by atoms with Crippen LogP contribution in [0.3, 0.4) is 0 Å². The van der Waals surface area contributed by atoms with E-state index in [9.17, 15) is 18.0 Å². The van der Waals surface area contributed by atoms with Gasteiger partial charge in [-0.15, -0.1) is 0 Å². The summed E-state index contributed by atoms with van der Waals surface area (Å²) in [4.78, 5) is 27.0. The molecule has 0 radical (unpaired) electrons. The van der Waals surface area contributed by atoms with Gasteiger partial charge < -0.3 is 9.47 Å². The molecule has 3 aromatic carbocycles. The van der Waals surface area contributed by atoms with Gasteiger partial charge in [-0.3, -0.25) is 9.08 Å². The van der Waals surface area contributed by atoms with Gasteiger partial charge in [0.15, 0.2) is 0 Å². The van der Waals surface area contributed by atoms with Crippen LogP contribution in [0.4, 0.5) is 4.79 Å². The van der Waals surface area contributed by atoms with Gasteiger partial charge in [0.05, 0.1) is 17.5 Å². The molecule has 36 heavy (non-hydrogen) atoms. The third kappa shape index (κ3) is 6.50. The maximum absolute atomic E-state index is 12.9. The quantitative estimate of drug-likeness (QED) is 0.331. The van der Waals surface area contributed by atoms with Crippen LogP contribution >= 0.6 is 0 Å². The van der Waals surface area contributed by atoms with Gasteiger partial charge in [0.2, 0.25) is 0 Å². The van der Waals surface area contributed by atoms with Gasteiger partial charge in [0.25, 0.3) is 10.1 Å². The molecule has 9 heteroatoms. The molecule has 0 aliphatic carbocycles. The summed E-state index contributed by atoms with van der Waals surface area (Å²) in [6.45, 7) is 1.74. The highest BCUT2D eigenvalue weighted by Crippen LogP contribution is 2.27. The van der Waals surface area contributed by atoms with Crippen LogP contribution in [-0.4, -0.2) is 44.1 Å². The minimum Gasteiger partial charge on any atom is -0.459 e. The Hall–Kier alpha value is -3.69. The van der Waals surface area contributed by atoms with Crippen molar-refractivity contribution in [2.24, 2.45) is 0 Å². The van der Waals surface area contributed by atoms with Crippen molar-refractivity contribution in [3.63, 3.8) is 0 Å². The van der Waals surface area contributed by atoms with Gasteiger partial charge >= 0.3 is 12.1 Å². The highest BCUT2D eigenvalue weighted by Gasteiger charge is 2.44. The number of nitrogens with zero attached hydrogens (tertiary/aromatic N) is 1. The first-order chi connectivity index (χ1) is 17.3. The van der Waals surface area contributed by atoms with Crippen LogP contribution < -0.4 is 0 Å². The van der Waals surface area contributed by atoms with Gasteiger partial charge in [-0.2, -0.15) is 8.42 Å². The molecule has 1 heterocycles. The van der Waals surface area contributed by atoms with E-state index in [0.717, 1.165) is 16.7 Å². The minimum absolute atomic E-state index is 0.00130. The lowest BCUT2D eigenvalue weighted by Crippen LogP contribution is -2.41. The summed E-state index contributed by atoms with van der Waals surface area (Å²) < 4.78 is 41.9. The number of carbonyl (C=O) groups is 2. The van der Waals surface area contributed by atoms with Crippen molar-refractivity contribution in [3.05, 3.63) is 102 Å². The number of hydrogen-bond donors (Lipinski definition) is 0. The summed E-state index contributed by atoms with van der Waals surface area (Å²) in [5.41, 5.74) is 2.48. The van der Waals surface area contributed by atoms with Crippen molar-refractivity contribution in [1.82, 2.24) is 4.90 Å². The number of aryl methyl sites for hydroxylation is 1. The molecule has 0 saturated carbocycles. The average Bonchev–Trinajstić information content (AvgIpc) is 3.30. The second-order valence-electron chi connectivity index (χ2n) is 8.52. The zero-order valence-corrected chi connectivity index (χ0v) is 20.6. The first kappa shape index (κ1) is 25.4. The Labute approximate surface area is 210 Å². The molecule has 188 valence electrons. The first-order valence-corrected chi connectivity index (χ1v) is 12.9. The Morgan fingerprint density at radius 1 is 0.833 bits per heavy atom. The molecule has 0 spiro atoms. The molecule has 4 rings (SSSR count). The van der Waals surface area contributed by atoms with Crippen molar-refractivity contribution in [3.8, 4) is 0 Å². The van der Waals surface area contributed by atoms with E-state index in [4.69, 9.17) is 13.7 Å². The lowest BCUT2D eigenvalue weighted by atomic mass is 10.2. The molecule has 0 N–H and O–H groups in total. The fourth-order valence-corrected chi connectivity index (χ4v) is 4.94. The Morgan fingerprint density at radius 2 is 1.39 bits per heavy atom. The maximum atomic E-state index is 12.9. The van der Waals surface area contributed by atoms with Crippen molar-refractivity contribution >= 4 is 22.2 Å². The summed E-state index contributed by atoms with van der Waals surface area (Å²) >= 11 is 0. The molecule has 2 atom stereocenters. The van der Waals surface area contributed by atoms with Crippen LogP contribution in [0.1, 0.15) is 23.1 Å². The number of carbonyl (C=O) groups excluding carboxylic acids is 2. The third-order valence-corrected chi connectivity index (χ3v) is 7.15. The van der Waals surface area contributed by atoms with Crippen molar-refractivity contribution in [2.45, 2.75) is 43.6 Å². The fraction of sp³-hybridized carbons (Fsp3) is 0.259. The highest BCUT2D eigenvalue weighted by molar-refractivity contribution is 7.86. The number of ether oxygens (including phenoxy) is 2. The van der Waals surface area contributed by atoms with Gasteiger partial charge in [-0.05, 0) is 30.2 Å². The number of benzene rings is 3. The van der Waals surface area contributed by atoms with Gasteiger partial charge in [-0.25, -0.2) is 9.59 Å². The number of hydrogen-bond acceptors (Lipinski definition) is 7. The average molecular weight is 510 g/mol. The number of esters is 1. The lowest BCUT2D eigenvalue weighted by molar-refractivity contribution is -0.149. The molecule has 1 saturated heterocycles. The Kier molecular flexibility index (Phi) is 8.02. The van der Waals surface area contributed by atoms with Gasteiger partial charge in [0.1, 0.15) is 19.3 Å². The monoisotopic (exact) mass is 509 g/mol. The van der Waals surface area contributed by atoms with Crippen LogP contribution in [0.2, 0.25) is 0 Å². The van der Waals surface area contributed by atoms with Crippen LogP contribution in [0, 0.1) is 6.92 Å². The van der Waals surface area contributed by atoms with Crippen LogP contribution in [0.15, 0.2) is 89.8 Å². The predicted molar refractivity (Wildman–Crippen MR) is 131 cm³/mol. The van der Waals surface area contributed by atoms with E-state index in [0.29, 0.717) is 0 Å². The normalized spacial score (nSPS) is 17.5. The van der Waals surface area contributed by atoms with E-state index in [1.807, 2.05) is 67.6 Å². The number of likely N-dealkylation sites (tertiary alicyclic amines) is 1. The molecule has 1 aliphatic rings. The standard InChI is InChI=1S/C27H27NO7S/c1-20-12-14-24(15-13-20)36(31,32)35-23-16-25(26(29)33-18-21-8-4-2-5-9-21)28(17-23)27(30)34-19-22-10-6-3-7-11-22/h2-15,23,25H,16-19H2,1H3/t23-,25-/m0/s1. The van der Waals surface area contributed by atoms with Gasteiger partial charge in [-0.1, -0.05) is 78.4 Å². The van der Waals surface area contributed by atoms with Crippen molar-refractivity contribution in [2.75, 3.05) is 6.54 Å². The second-order valence-corrected chi connectivity index (χ2v) is 10.1. The summed E-state index contributed by atoms with van der Waals surface area (Å²) in [6, 6.07) is 23.4. The van der Waals surface area contributed by atoms with E-state index in [1.165, 1.54) is 17.0 Å². The zero-order chi connectivity index (χ0) is 25.5. The number of rotatable bonds is 8. The molecule has 0 bridgehead atoms. The molecule has 0 aromatic heterocycles. The molecule has 1 amide bonds. The lowest BCUT2D eigenvalue weighted by Gasteiger charge is -2.22. The smallest absolute Gasteiger partial charge is 0.410 e. The fourth-order valence-electron chi connectivity index (χ4n) is 3.86. The van der Waals surface area contributed by atoms with Gasteiger partial charge in [0, 0.05) is 6.42 Å². The van der Waals surface area contributed by atoms with E-state index >= 15 is 0 Å². The predicted octanol–water partition coefficient (Wildman–Crippen LogP) is 4.22. The molecule has 8 nitrogen and oxygen atoms in total. The van der Waals surface area contributed by atoms with Crippen molar-refractivity contribution in [1.29, 1.82) is 0 Å². The summed E-state index contributed by atoms with van der Waals surface area (Å²) in [5.74, 6) is -0.658.